The van der Waals surface area contributed by atoms with Gasteiger partial charge in [-0.3, -0.25) is 4.79 Å². The van der Waals surface area contributed by atoms with E-state index in [0.717, 1.165) is 0 Å². The predicted octanol–water partition coefficient (Wildman–Crippen LogP) is 2.00. The molecule has 0 N–H and O–H groups in total. The molecule has 2 aliphatic heterocycles. The molecule has 6 nitrogen and oxygen atoms in total. The van der Waals surface area contributed by atoms with Crippen molar-refractivity contribution in [1.29, 1.82) is 0 Å². The van der Waals surface area contributed by atoms with Crippen LogP contribution in [-0.4, -0.2) is 40.6 Å². The van der Waals surface area contributed by atoms with E-state index in [1.807, 2.05) is 11.8 Å². The van der Waals surface area contributed by atoms with E-state index in [4.69, 9.17) is 13.3 Å². The molecule has 0 radical (unpaired) electrons. The number of fused-ring (bicyclic) bond motifs is 1. The Hall–Kier alpha value is -2.13. The van der Waals surface area contributed by atoms with E-state index in [-0.39, 0.29) is 28.2 Å². The van der Waals surface area contributed by atoms with Gasteiger partial charge in [0.2, 0.25) is 5.88 Å². The number of hydrogen-bond acceptors (Lipinski definition) is 6. The van der Waals surface area contributed by atoms with Crippen LogP contribution in [0.2, 0.25) is 0 Å². The first kappa shape index (κ1) is 16.3. The van der Waals surface area contributed by atoms with Crippen molar-refractivity contribution in [3.63, 3.8) is 0 Å². The monoisotopic (exact) mass is 371 g/mol. The molecule has 2 aliphatic rings. The maximum absolute atomic E-state index is 13.2. The van der Waals surface area contributed by atoms with Gasteiger partial charge in [0.25, 0.3) is 0 Å². The molecule has 1 saturated heterocycles. The molecule has 9 heteroatoms. The maximum Gasteiger partial charge on any atom is 0.374 e. The summed E-state index contributed by atoms with van der Waals surface area (Å²) in [4.78, 5) is 14.3. The van der Waals surface area contributed by atoms with E-state index in [0.29, 0.717) is 31.0 Å². The quantitative estimate of drug-likeness (QED) is 0.769. The lowest BCUT2D eigenvalue weighted by Crippen LogP contribution is -2.44. The van der Waals surface area contributed by atoms with Crippen LogP contribution in [0.25, 0.3) is 11.0 Å². The third kappa shape index (κ3) is 2.67. The zero-order valence-electron chi connectivity index (χ0n) is 13.2. The molecule has 1 aromatic carbocycles. The van der Waals surface area contributed by atoms with E-state index >= 15 is 0 Å². The number of alkyl halides is 2. The zero-order chi connectivity index (χ0) is 17.8. The van der Waals surface area contributed by atoms with Gasteiger partial charge >= 0.3 is 5.25 Å². The summed E-state index contributed by atoms with van der Waals surface area (Å²) in [5, 5.41) is -2.94. The molecule has 0 saturated carbocycles. The van der Waals surface area contributed by atoms with Crippen molar-refractivity contribution in [3.8, 4) is 5.75 Å². The summed E-state index contributed by atoms with van der Waals surface area (Å²) < 4.78 is 54.5. The van der Waals surface area contributed by atoms with Crippen molar-refractivity contribution in [2.24, 2.45) is 0 Å². The number of benzene rings is 1. The summed E-state index contributed by atoms with van der Waals surface area (Å²) >= 11 is 0. The standard InChI is InChI=1S/C16H15F2NO5S/c1-10-8-22-6-5-19(10)14-7-12(20)11-3-2-4-13(15(11)23-14)24-25(21)9-16(25,17)18/h2-4,7,9-10H,5-6,8H2,1H3. The van der Waals surface area contributed by atoms with Crippen LogP contribution in [-0.2, 0) is 14.5 Å². The summed E-state index contributed by atoms with van der Waals surface area (Å²) in [7, 11) is -3.86. The number of morpholine rings is 1. The number of rotatable bonds is 3. The van der Waals surface area contributed by atoms with Crippen molar-refractivity contribution in [1.82, 2.24) is 0 Å². The smallest absolute Gasteiger partial charge is 0.374 e. The fraction of sp³-hybridized carbons (Fsp3) is 0.375. The highest BCUT2D eigenvalue weighted by Gasteiger charge is 2.57. The van der Waals surface area contributed by atoms with Crippen molar-refractivity contribution in [3.05, 3.63) is 34.5 Å². The SMILES string of the molecule is CC1COCCN1c1cc(=O)c2cccc(OS3(=O)=CC3(F)F)c2o1. The zero-order valence-corrected chi connectivity index (χ0v) is 14.1. The molecule has 1 fully saturated rings. The summed E-state index contributed by atoms with van der Waals surface area (Å²) in [5.74, 6) is 0.154. The van der Waals surface area contributed by atoms with Gasteiger partial charge in [-0.15, -0.1) is 0 Å². The second kappa shape index (κ2) is 5.43. The van der Waals surface area contributed by atoms with Crippen LogP contribution >= 0.6 is 0 Å². The van der Waals surface area contributed by atoms with E-state index < -0.39 is 15.1 Å². The molecule has 2 unspecified atom stereocenters. The summed E-state index contributed by atoms with van der Waals surface area (Å²) in [6.45, 7) is 3.41. The number of ether oxygens (including phenoxy) is 1. The van der Waals surface area contributed by atoms with Crippen molar-refractivity contribution >= 4 is 32.0 Å². The van der Waals surface area contributed by atoms with E-state index in [9.17, 15) is 17.8 Å². The molecule has 134 valence electrons. The first-order valence-electron chi connectivity index (χ1n) is 7.69. The lowest BCUT2D eigenvalue weighted by molar-refractivity contribution is 0.0967. The molecule has 3 heterocycles. The highest BCUT2D eigenvalue weighted by Crippen LogP contribution is 2.38. The van der Waals surface area contributed by atoms with Gasteiger partial charge in [0, 0.05) is 12.6 Å². The minimum atomic E-state index is -3.86. The lowest BCUT2D eigenvalue weighted by Gasteiger charge is -2.33. The van der Waals surface area contributed by atoms with Gasteiger partial charge < -0.3 is 18.2 Å². The average molecular weight is 371 g/mol. The Morgan fingerprint density at radius 2 is 2.16 bits per heavy atom. The normalized spacial score (nSPS) is 27.8. The van der Waals surface area contributed by atoms with Gasteiger partial charge in [-0.2, -0.15) is 8.78 Å². The highest BCUT2D eigenvalue weighted by atomic mass is 32.2. The van der Waals surface area contributed by atoms with Gasteiger partial charge in [0.15, 0.2) is 26.6 Å². The van der Waals surface area contributed by atoms with Crippen LogP contribution in [0.3, 0.4) is 0 Å². The Morgan fingerprint density at radius 3 is 2.84 bits per heavy atom. The van der Waals surface area contributed by atoms with E-state index in [2.05, 4.69) is 0 Å². The van der Waals surface area contributed by atoms with Crippen LogP contribution in [0.1, 0.15) is 6.92 Å². The highest BCUT2D eigenvalue weighted by molar-refractivity contribution is 8.07. The second-order valence-corrected chi connectivity index (χ2v) is 8.04. The molecule has 1 aromatic heterocycles. The minimum absolute atomic E-state index is 0.00233. The Morgan fingerprint density at radius 1 is 1.40 bits per heavy atom. The van der Waals surface area contributed by atoms with Crippen LogP contribution < -0.4 is 14.5 Å². The minimum Gasteiger partial charge on any atom is -0.436 e. The summed E-state index contributed by atoms with van der Waals surface area (Å²) in [5.41, 5.74) is -0.329. The molecule has 0 spiro atoms. The predicted molar refractivity (Wildman–Crippen MR) is 89.9 cm³/mol. The molecule has 2 atom stereocenters. The number of nitrogens with zero attached hydrogens (tertiary/aromatic N) is 1. The number of anilines is 1. The van der Waals surface area contributed by atoms with Crippen molar-refractivity contribution in [2.45, 2.75) is 18.2 Å². The van der Waals surface area contributed by atoms with Crippen molar-refractivity contribution < 1.29 is 26.3 Å². The number of para-hydroxylation sites is 1. The van der Waals surface area contributed by atoms with Gasteiger partial charge in [0.05, 0.1) is 30.0 Å². The molecule has 0 aliphatic carbocycles. The first-order valence-corrected chi connectivity index (χ1v) is 9.23. The summed E-state index contributed by atoms with van der Waals surface area (Å²) in [6.07, 6.45) is 0. The largest absolute Gasteiger partial charge is 0.436 e. The van der Waals surface area contributed by atoms with Gasteiger partial charge in [0.1, 0.15) is 0 Å². The second-order valence-electron chi connectivity index (χ2n) is 6.01. The molecular formula is C16H15F2NO5S. The fourth-order valence-electron chi connectivity index (χ4n) is 2.77. The van der Waals surface area contributed by atoms with Crippen LogP contribution in [0, 0.1) is 0 Å². The average Bonchev–Trinajstić information content (AvgIpc) is 3.05. The first-order chi connectivity index (χ1) is 11.8. The van der Waals surface area contributed by atoms with Crippen LogP contribution in [0.15, 0.2) is 33.5 Å². The number of halogens is 2. The van der Waals surface area contributed by atoms with Gasteiger partial charge in [-0.1, -0.05) is 6.07 Å². The topological polar surface area (TPSA) is 69.0 Å². The summed E-state index contributed by atoms with van der Waals surface area (Å²) in [6, 6.07) is 5.66. The van der Waals surface area contributed by atoms with Gasteiger partial charge in [-0.05, 0) is 19.1 Å². The van der Waals surface area contributed by atoms with Crippen molar-refractivity contribution in [2.75, 3.05) is 24.7 Å². The Kier molecular flexibility index (Phi) is 3.55. The lowest BCUT2D eigenvalue weighted by atomic mass is 10.2. The Labute approximate surface area is 142 Å². The molecule has 4 rings (SSSR count). The van der Waals surface area contributed by atoms with E-state index in [1.54, 1.807) is 0 Å². The molecule has 25 heavy (non-hydrogen) atoms. The van der Waals surface area contributed by atoms with Crippen LogP contribution in [0.5, 0.6) is 5.75 Å². The maximum atomic E-state index is 13.2. The van der Waals surface area contributed by atoms with Gasteiger partial charge in [-0.25, -0.2) is 4.21 Å². The van der Waals surface area contributed by atoms with Crippen LogP contribution in [0.4, 0.5) is 14.7 Å². The molecule has 0 amide bonds. The van der Waals surface area contributed by atoms with E-state index in [1.165, 1.54) is 24.3 Å². The Balaban J connectivity index is 1.81. The third-order valence-electron chi connectivity index (χ3n) is 4.18. The molecule has 0 bridgehead atoms. The molecular weight excluding hydrogens is 356 g/mol. The fourth-order valence-corrected chi connectivity index (χ4v) is 3.88. The molecule has 2 aromatic rings. The Bertz CT molecular complexity index is 1020. The third-order valence-corrected chi connectivity index (χ3v) is 5.84. The number of hydrogen-bond donors (Lipinski definition) is 0.